The van der Waals surface area contributed by atoms with E-state index in [0.717, 1.165) is 37.8 Å². The molecule has 108 valence electrons. The maximum absolute atomic E-state index is 12.9. The van der Waals surface area contributed by atoms with Crippen molar-refractivity contribution >= 4 is 5.69 Å². The van der Waals surface area contributed by atoms with Crippen LogP contribution in [-0.2, 0) is 6.18 Å². The zero-order valence-electron chi connectivity index (χ0n) is 10.8. The normalized spacial score (nSPS) is 16.1. The van der Waals surface area contributed by atoms with E-state index < -0.39 is 17.3 Å². The minimum absolute atomic E-state index is 0.0639. The summed E-state index contributed by atoms with van der Waals surface area (Å²) < 4.78 is 38.8. The van der Waals surface area contributed by atoms with Crippen LogP contribution in [0, 0.1) is 11.3 Å². The molecule has 0 heterocycles. The molecule has 0 unspecified atom stereocenters. The van der Waals surface area contributed by atoms with E-state index in [4.69, 9.17) is 5.26 Å². The van der Waals surface area contributed by atoms with Crippen molar-refractivity contribution in [3.8, 4) is 6.07 Å². The van der Waals surface area contributed by atoms with Gasteiger partial charge in [-0.2, -0.15) is 18.4 Å². The number of anilines is 1. The van der Waals surface area contributed by atoms with E-state index in [1.54, 1.807) is 11.0 Å². The van der Waals surface area contributed by atoms with Crippen LogP contribution in [0.5, 0.6) is 0 Å². The van der Waals surface area contributed by atoms with Gasteiger partial charge < -0.3 is 10.0 Å². The first-order chi connectivity index (χ1) is 9.47. The summed E-state index contributed by atoms with van der Waals surface area (Å²) in [6.45, 7) is -0.326. The van der Waals surface area contributed by atoms with Crippen molar-refractivity contribution in [2.24, 2.45) is 0 Å². The maximum atomic E-state index is 12.9. The van der Waals surface area contributed by atoms with Gasteiger partial charge in [-0.15, -0.1) is 0 Å². The van der Waals surface area contributed by atoms with Crippen LogP contribution in [0.15, 0.2) is 18.2 Å². The number of aliphatic hydroxyl groups excluding tert-OH is 1. The number of nitrogens with zero attached hydrogens (tertiary/aromatic N) is 2. The maximum Gasteiger partial charge on any atom is 0.417 e. The van der Waals surface area contributed by atoms with Gasteiger partial charge in [-0.1, -0.05) is 12.8 Å². The quantitative estimate of drug-likeness (QED) is 0.866. The minimum Gasteiger partial charge on any atom is -0.376 e. The SMILES string of the molecule is N#Cc1ccc(N(CO)C2CCCC2)cc1C(F)(F)F. The van der Waals surface area contributed by atoms with Crippen LogP contribution in [0.4, 0.5) is 18.9 Å². The summed E-state index contributed by atoms with van der Waals surface area (Å²) in [7, 11) is 0. The number of rotatable bonds is 3. The van der Waals surface area contributed by atoms with Gasteiger partial charge in [-0.3, -0.25) is 0 Å². The molecule has 0 amide bonds. The molecule has 1 N–H and O–H groups in total. The molecule has 2 rings (SSSR count). The van der Waals surface area contributed by atoms with E-state index in [1.807, 2.05) is 0 Å². The summed E-state index contributed by atoms with van der Waals surface area (Å²) in [6.07, 6.45) is -0.811. The molecule has 0 aliphatic heterocycles. The molecule has 3 nitrogen and oxygen atoms in total. The molecule has 0 radical (unpaired) electrons. The summed E-state index contributed by atoms with van der Waals surface area (Å²) in [5.41, 5.74) is -1.04. The molecule has 1 aromatic carbocycles. The lowest BCUT2D eigenvalue weighted by Crippen LogP contribution is -2.34. The Morgan fingerprint density at radius 3 is 2.45 bits per heavy atom. The Labute approximate surface area is 115 Å². The lowest BCUT2D eigenvalue weighted by atomic mass is 10.1. The second kappa shape index (κ2) is 5.71. The largest absolute Gasteiger partial charge is 0.417 e. The number of aliphatic hydroxyl groups is 1. The van der Waals surface area contributed by atoms with Gasteiger partial charge in [0.25, 0.3) is 0 Å². The fraction of sp³-hybridized carbons (Fsp3) is 0.500. The molecule has 0 bridgehead atoms. The Hall–Kier alpha value is -1.74. The Balaban J connectivity index is 2.39. The lowest BCUT2D eigenvalue weighted by molar-refractivity contribution is -0.137. The molecule has 6 heteroatoms. The highest BCUT2D eigenvalue weighted by molar-refractivity contribution is 5.55. The Bertz CT molecular complexity index is 516. The van der Waals surface area contributed by atoms with Crippen molar-refractivity contribution in [1.29, 1.82) is 5.26 Å². The third-order valence-electron chi connectivity index (χ3n) is 3.68. The highest BCUT2D eigenvalue weighted by Crippen LogP contribution is 2.36. The van der Waals surface area contributed by atoms with E-state index in [-0.39, 0.29) is 12.8 Å². The van der Waals surface area contributed by atoms with E-state index in [2.05, 4.69) is 0 Å². The van der Waals surface area contributed by atoms with Crippen molar-refractivity contribution in [1.82, 2.24) is 0 Å². The number of nitriles is 1. The van der Waals surface area contributed by atoms with Crippen LogP contribution in [0.1, 0.15) is 36.8 Å². The first-order valence-electron chi connectivity index (χ1n) is 6.46. The van der Waals surface area contributed by atoms with Crippen LogP contribution in [0.3, 0.4) is 0 Å². The van der Waals surface area contributed by atoms with Gasteiger partial charge in [-0.25, -0.2) is 0 Å². The number of hydrogen-bond acceptors (Lipinski definition) is 3. The topological polar surface area (TPSA) is 47.3 Å². The van der Waals surface area contributed by atoms with E-state index in [9.17, 15) is 18.3 Å². The van der Waals surface area contributed by atoms with Gasteiger partial charge in [-0.05, 0) is 31.0 Å². The summed E-state index contributed by atoms with van der Waals surface area (Å²) in [6, 6.07) is 5.19. The average molecular weight is 284 g/mol. The van der Waals surface area contributed by atoms with Crippen molar-refractivity contribution < 1.29 is 18.3 Å². The molecule has 0 atom stereocenters. The fourth-order valence-corrected chi connectivity index (χ4v) is 2.67. The first-order valence-corrected chi connectivity index (χ1v) is 6.46. The monoisotopic (exact) mass is 284 g/mol. The van der Waals surface area contributed by atoms with Crippen molar-refractivity contribution in [3.05, 3.63) is 29.3 Å². The van der Waals surface area contributed by atoms with Gasteiger partial charge in [0, 0.05) is 11.7 Å². The Morgan fingerprint density at radius 1 is 1.30 bits per heavy atom. The van der Waals surface area contributed by atoms with E-state index >= 15 is 0 Å². The number of halogens is 3. The third kappa shape index (κ3) is 2.88. The molecule has 0 spiro atoms. The molecule has 1 aliphatic carbocycles. The summed E-state index contributed by atoms with van der Waals surface area (Å²) in [5.74, 6) is 0. The molecular formula is C14H15F3N2O. The lowest BCUT2D eigenvalue weighted by Gasteiger charge is -2.29. The Morgan fingerprint density at radius 2 is 1.95 bits per heavy atom. The van der Waals surface area contributed by atoms with Gasteiger partial charge >= 0.3 is 6.18 Å². The average Bonchev–Trinajstić information content (AvgIpc) is 2.92. The van der Waals surface area contributed by atoms with Crippen molar-refractivity contribution in [2.45, 2.75) is 37.9 Å². The number of benzene rings is 1. The molecule has 20 heavy (non-hydrogen) atoms. The predicted octanol–water partition coefficient (Wildman–Crippen LogP) is 3.28. The van der Waals surface area contributed by atoms with Crippen LogP contribution >= 0.6 is 0 Å². The molecule has 1 aromatic rings. The fourth-order valence-electron chi connectivity index (χ4n) is 2.67. The van der Waals surface area contributed by atoms with Gasteiger partial charge in [0.05, 0.1) is 17.2 Å². The molecule has 1 aliphatic rings. The first kappa shape index (κ1) is 14.7. The minimum atomic E-state index is -4.57. The zero-order chi connectivity index (χ0) is 14.8. The van der Waals surface area contributed by atoms with E-state index in [0.29, 0.717) is 5.69 Å². The predicted molar refractivity (Wildman–Crippen MR) is 68.0 cm³/mol. The van der Waals surface area contributed by atoms with Crippen LogP contribution in [0.2, 0.25) is 0 Å². The molecule has 1 saturated carbocycles. The third-order valence-corrected chi connectivity index (χ3v) is 3.68. The second-order valence-electron chi connectivity index (χ2n) is 4.89. The summed E-state index contributed by atoms with van der Waals surface area (Å²) in [5, 5.41) is 18.2. The van der Waals surface area contributed by atoms with Crippen LogP contribution in [0.25, 0.3) is 0 Å². The van der Waals surface area contributed by atoms with Crippen molar-refractivity contribution in [3.63, 3.8) is 0 Å². The van der Waals surface area contributed by atoms with Crippen molar-refractivity contribution in [2.75, 3.05) is 11.6 Å². The van der Waals surface area contributed by atoms with E-state index in [1.165, 1.54) is 6.07 Å². The van der Waals surface area contributed by atoms with Gasteiger partial charge in [0.2, 0.25) is 0 Å². The Kier molecular flexibility index (Phi) is 4.19. The summed E-state index contributed by atoms with van der Waals surface area (Å²) in [4.78, 5) is 1.57. The zero-order valence-corrected chi connectivity index (χ0v) is 10.8. The number of hydrogen-bond donors (Lipinski definition) is 1. The highest BCUT2D eigenvalue weighted by Gasteiger charge is 2.34. The second-order valence-corrected chi connectivity index (χ2v) is 4.89. The molecule has 1 fully saturated rings. The van der Waals surface area contributed by atoms with Crippen LogP contribution < -0.4 is 4.90 Å². The molecule has 0 saturated heterocycles. The molecule has 0 aromatic heterocycles. The smallest absolute Gasteiger partial charge is 0.376 e. The van der Waals surface area contributed by atoms with Gasteiger partial charge in [0.15, 0.2) is 0 Å². The molecular weight excluding hydrogens is 269 g/mol. The highest BCUT2D eigenvalue weighted by atomic mass is 19.4. The number of alkyl halides is 3. The van der Waals surface area contributed by atoms with Crippen LogP contribution in [-0.4, -0.2) is 17.9 Å². The van der Waals surface area contributed by atoms with Gasteiger partial charge in [0.1, 0.15) is 6.73 Å². The standard InChI is InChI=1S/C14H15F3N2O/c15-14(16,17)13-7-12(6-5-10(13)8-18)19(9-20)11-3-1-2-4-11/h5-7,11,20H,1-4,9H2. The summed E-state index contributed by atoms with van der Waals surface area (Å²) >= 11 is 0.